The van der Waals surface area contributed by atoms with Gasteiger partial charge in [-0.05, 0) is 61.8 Å². The highest BCUT2D eigenvalue weighted by Gasteiger charge is 2.42. The van der Waals surface area contributed by atoms with Gasteiger partial charge in [-0.2, -0.15) is 0 Å². The number of aromatic nitrogens is 1. The van der Waals surface area contributed by atoms with E-state index in [-0.39, 0.29) is 12.0 Å². The second-order valence-electron chi connectivity index (χ2n) is 8.57. The van der Waals surface area contributed by atoms with E-state index in [4.69, 9.17) is 5.11 Å². The maximum absolute atomic E-state index is 11.0. The van der Waals surface area contributed by atoms with Gasteiger partial charge >= 0.3 is 5.97 Å². The van der Waals surface area contributed by atoms with Gasteiger partial charge in [0, 0.05) is 24.2 Å². The molecule has 3 saturated heterocycles. The van der Waals surface area contributed by atoms with E-state index in [1.54, 1.807) is 0 Å². The van der Waals surface area contributed by atoms with Crippen LogP contribution in [0, 0.1) is 17.8 Å². The average molecular weight is 395 g/mol. The molecule has 4 aliphatic rings. The second kappa shape index (κ2) is 8.64. The number of pyridine rings is 1. The molecule has 0 radical (unpaired) electrons. The molecule has 1 aromatic carbocycles. The van der Waals surface area contributed by atoms with Gasteiger partial charge in [0.05, 0.1) is 17.5 Å². The number of carboxylic acid groups (broad SMARTS) is 1. The molecule has 6 rings (SSSR count). The molecule has 1 saturated carbocycles. The lowest BCUT2D eigenvalue weighted by Crippen LogP contribution is -2.54. The number of nitrogens with zero attached hydrogens (tertiary/aromatic N) is 2. The van der Waals surface area contributed by atoms with E-state index in [1.165, 1.54) is 6.42 Å². The van der Waals surface area contributed by atoms with Gasteiger partial charge < -0.3 is 10.2 Å². The maximum Gasteiger partial charge on any atom is 0.306 e. The van der Waals surface area contributed by atoms with Crippen molar-refractivity contribution in [2.75, 3.05) is 13.1 Å². The smallest absolute Gasteiger partial charge is 0.306 e. The zero-order valence-electron chi connectivity index (χ0n) is 16.8. The van der Waals surface area contributed by atoms with E-state index in [0.29, 0.717) is 11.8 Å². The first-order valence-corrected chi connectivity index (χ1v) is 10.7. The van der Waals surface area contributed by atoms with Crippen molar-refractivity contribution in [3.05, 3.63) is 54.7 Å². The van der Waals surface area contributed by atoms with Crippen LogP contribution in [0.2, 0.25) is 0 Å². The Balaban J connectivity index is 0.000000249. The minimum absolute atomic E-state index is 0.000000000000000444. The van der Waals surface area contributed by atoms with Crippen LogP contribution in [0.4, 0.5) is 0 Å². The molecule has 154 valence electrons. The van der Waals surface area contributed by atoms with Crippen LogP contribution >= 0.6 is 0 Å². The first kappa shape index (κ1) is 20.0. The second-order valence-corrected chi connectivity index (χ2v) is 8.57. The quantitative estimate of drug-likeness (QED) is 0.766. The van der Waals surface area contributed by atoms with Crippen LogP contribution in [0.1, 0.15) is 43.8 Å². The first-order valence-electron chi connectivity index (χ1n) is 10.7. The van der Waals surface area contributed by atoms with Crippen molar-refractivity contribution < 1.29 is 15.0 Å². The van der Waals surface area contributed by atoms with Gasteiger partial charge in [0.25, 0.3) is 0 Å². The van der Waals surface area contributed by atoms with Gasteiger partial charge in [-0.15, -0.1) is 6.58 Å². The third-order valence-corrected chi connectivity index (χ3v) is 6.97. The van der Waals surface area contributed by atoms with Gasteiger partial charge in [0.2, 0.25) is 0 Å². The lowest BCUT2D eigenvalue weighted by molar-refractivity contribution is -0.144. The lowest BCUT2D eigenvalue weighted by Gasteiger charge is -2.50. The summed E-state index contributed by atoms with van der Waals surface area (Å²) in [6, 6.07) is 10.3. The Morgan fingerprint density at radius 2 is 2.03 bits per heavy atom. The fourth-order valence-corrected chi connectivity index (χ4v) is 4.94. The normalized spacial score (nSPS) is 29.4. The zero-order chi connectivity index (χ0) is 20.4. The molecule has 4 heterocycles. The van der Waals surface area contributed by atoms with Crippen LogP contribution in [0.25, 0.3) is 10.9 Å². The highest BCUT2D eigenvalue weighted by molar-refractivity contribution is 5.82. The number of hydrogen-bond acceptors (Lipinski definition) is 4. The molecule has 4 fully saturated rings. The Bertz CT molecular complexity index is 874. The minimum Gasteiger partial charge on any atom is -0.481 e. The van der Waals surface area contributed by atoms with E-state index in [2.05, 4.69) is 28.6 Å². The average Bonchev–Trinajstić information content (AvgIpc) is 2.72. The van der Waals surface area contributed by atoms with Gasteiger partial charge in [0.15, 0.2) is 0 Å². The maximum atomic E-state index is 11.0. The molecule has 3 aliphatic heterocycles. The lowest BCUT2D eigenvalue weighted by atomic mass is 9.73. The number of piperidine rings is 3. The number of fused-ring (bicyclic) bond motifs is 4. The van der Waals surface area contributed by atoms with Gasteiger partial charge in [-0.3, -0.25) is 14.7 Å². The standard InChI is InChI=1S/C19H22N2O.C5H8O2/c1-2-13-12-21-10-8-14(13)11-18(21)19(22)16-7-9-20-17-6-4-3-5-15(16)17;6-5(7)4-2-1-3-4/h2-7,9,13-14,18-19,22H,1,8,10-12H2;4H,1-3H2,(H,6,7)/t13-,14-,18+,19-;/m0./s1. The predicted octanol–water partition coefficient (Wildman–Crippen LogP) is 4.04. The summed E-state index contributed by atoms with van der Waals surface area (Å²) in [4.78, 5) is 16.8. The number of hydrogen-bond donors (Lipinski definition) is 2. The molecule has 5 nitrogen and oxygen atoms in total. The molecule has 5 atom stereocenters. The number of benzene rings is 1. The van der Waals surface area contributed by atoms with E-state index < -0.39 is 12.1 Å². The number of carbonyl (C=O) groups is 1. The molecule has 29 heavy (non-hydrogen) atoms. The molecule has 2 bridgehead atoms. The molecule has 2 N–H and O–H groups in total. The SMILES string of the molecule is C=C[C@H]1C[N@]2CC[C@H]1C[C@@H]2[C@@H](O)c1ccnc2ccccc12.O=C(O)C1CCC1. The summed E-state index contributed by atoms with van der Waals surface area (Å²) in [7, 11) is 0. The molecular weight excluding hydrogens is 364 g/mol. The van der Waals surface area contributed by atoms with Crippen LogP contribution in [0.3, 0.4) is 0 Å². The Morgan fingerprint density at radius 1 is 1.24 bits per heavy atom. The molecule has 0 amide bonds. The van der Waals surface area contributed by atoms with E-state index in [0.717, 1.165) is 55.2 Å². The molecule has 0 unspecified atom stereocenters. The minimum atomic E-state index is -0.619. The zero-order valence-corrected chi connectivity index (χ0v) is 16.8. The van der Waals surface area contributed by atoms with Crippen LogP contribution in [0.5, 0.6) is 0 Å². The summed E-state index contributed by atoms with van der Waals surface area (Å²) in [6.07, 6.45) is 8.67. The van der Waals surface area contributed by atoms with E-state index >= 15 is 0 Å². The number of carboxylic acids is 1. The van der Waals surface area contributed by atoms with Crippen molar-refractivity contribution in [3.8, 4) is 0 Å². The van der Waals surface area contributed by atoms with Crippen LogP contribution in [-0.4, -0.2) is 45.2 Å². The first-order chi connectivity index (χ1) is 14.1. The highest BCUT2D eigenvalue weighted by atomic mass is 16.4. The van der Waals surface area contributed by atoms with Gasteiger partial charge in [0.1, 0.15) is 0 Å². The number of rotatable bonds is 4. The fraction of sp³-hybridized carbons (Fsp3) is 0.500. The summed E-state index contributed by atoms with van der Waals surface area (Å²) in [6.45, 7) is 6.11. The Hall–Kier alpha value is -2.24. The van der Waals surface area contributed by atoms with Crippen LogP contribution < -0.4 is 0 Å². The molecule has 2 aromatic rings. The summed E-state index contributed by atoms with van der Waals surface area (Å²) >= 11 is 0. The van der Waals surface area contributed by atoms with Crippen molar-refractivity contribution in [1.82, 2.24) is 9.88 Å². The van der Waals surface area contributed by atoms with E-state index in [9.17, 15) is 9.90 Å². The Labute approximate surface area is 172 Å². The summed E-state index contributed by atoms with van der Waals surface area (Å²) in [5, 5.41) is 20.3. The molecule has 1 aliphatic carbocycles. The van der Waals surface area contributed by atoms with Crippen molar-refractivity contribution in [2.24, 2.45) is 17.8 Å². The van der Waals surface area contributed by atoms with Gasteiger partial charge in [-0.25, -0.2) is 0 Å². The number of aliphatic carboxylic acids is 1. The largest absolute Gasteiger partial charge is 0.481 e. The van der Waals surface area contributed by atoms with Crippen molar-refractivity contribution in [1.29, 1.82) is 0 Å². The summed E-state index contributed by atoms with van der Waals surface area (Å²) in [5.74, 6) is 0.646. The third kappa shape index (κ3) is 4.07. The van der Waals surface area contributed by atoms with Crippen molar-refractivity contribution in [3.63, 3.8) is 0 Å². The molecule has 1 aromatic heterocycles. The predicted molar refractivity (Wildman–Crippen MR) is 113 cm³/mol. The monoisotopic (exact) mass is 394 g/mol. The molecular formula is C24H30N2O3. The van der Waals surface area contributed by atoms with Crippen LogP contribution in [0.15, 0.2) is 49.2 Å². The molecule has 0 spiro atoms. The van der Waals surface area contributed by atoms with Crippen molar-refractivity contribution >= 4 is 16.9 Å². The summed E-state index contributed by atoms with van der Waals surface area (Å²) in [5.41, 5.74) is 1.97. The van der Waals surface area contributed by atoms with Crippen molar-refractivity contribution in [2.45, 2.75) is 44.2 Å². The van der Waals surface area contributed by atoms with Crippen LogP contribution in [-0.2, 0) is 4.79 Å². The Kier molecular flexibility index (Phi) is 5.97. The van der Waals surface area contributed by atoms with Gasteiger partial charge in [-0.1, -0.05) is 30.7 Å². The number of aliphatic hydroxyl groups excluding tert-OH is 1. The fourth-order valence-electron chi connectivity index (χ4n) is 4.94. The van der Waals surface area contributed by atoms with E-state index in [1.807, 2.05) is 30.5 Å². The highest BCUT2D eigenvalue weighted by Crippen LogP contribution is 2.41. The third-order valence-electron chi connectivity index (χ3n) is 6.97. The topological polar surface area (TPSA) is 73.7 Å². The number of aliphatic hydroxyl groups is 1. The number of para-hydroxylation sites is 1. The summed E-state index contributed by atoms with van der Waals surface area (Å²) < 4.78 is 0. The molecule has 5 heteroatoms. The Morgan fingerprint density at radius 3 is 2.62 bits per heavy atom.